The Hall–Kier alpha value is -2.81. The van der Waals surface area contributed by atoms with E-state index in [2.05, 4.69) is 10.2 Å². The third kappa shape index (κ3) is 4.64. The van der Waals surface area contributed by atoms with Crippen molar-refractivity contribution in [1.29, 1.82) is 0 Å². The first-order valence-corrected chi connectivity index (χ1v) is 13.0. The van der Waals surface area contributed by atoms with Crippen LogP contribution in [-0.2, 0) is 17.9 Å². The van der Waals surface area contributed by atoms with Crippen LogP contribution in [0.3, 0.4) is 0 Å². The van der Waals surface area contributed by atoms with Gasteiger partial charge in [0.15, 0.2) is 0 Å². The molecule has 5 rings (SSSR count). The van der Waals surface area contributed by atoms with Crippen molar-refractivity contribution in [2.24, 2.45) is 0 Å². The van der Waals surface area contributed by atoms with Crippen molar-refractivity contribution in [1.82, 2.24) is 14.5 Å². The number of anilines is 1. The number of para-hydroxylation sites is 1. The smallest absolute Gasteiger partial charge is 0.263 e. The van der Waals surface area contributed by atoms with Gasteiger partial charge in [-0.05, 0) is 55.9 Å². The highest BCUT2D eigenvalue weighted by Crippen LogP contribution is 2.34. The second kappa shape index (κ2) is 9.59. The predicted molar refractivity (Wildman–Crippen MR) is 136 cm³/mol. The van der Waals surface area contributed by atoms with Crippen molar-refractivity contribution >= 4 is 44.5 Å². The van der Waals surface area contributed by atoms with E-state index in [1.807, 2.05) is 54.1 Å². The Morgan fingerprint density at radius 1 is 1.09 bits per heavy atom. The third-order valence-corrected chi connectivity index (χ3v) is 7.87. The lowest BCUT2D eigenvalue weighted by Gasteiger charge is -2.27. The zero-order valence-corrected chi connectivity index (χ0v) is 20.2. The van der Waals surface area contributed by atoms with Gasteiger partial charge in [-0.1, -0.05) is 30.7 Å². The highest BCUT2D eigenvalue weighted by Gasteiger charge is 2.21. The van der Waals surface area contributed by atoms with Gasteiger partial charge in [0.05, 0.1) is 11.9 Å². The zero-order chi connectivity index (χ0) is 22.8. The quantitative estimate of drug-likeness (QED) is 0.418. The van der Waals surface area contributed by atoms with Crippen LogP contribution < -0.4 is 10.9 Å². The number of piperidine rings is 1. The van der Waals surface area contributed by atoms with Gasteiger partial charge >= 0.3 is 0 Å². The third-order valence-electron chi connectivity index (χ3n) is 6.09. The fraction of sp³-hybridized carbons (Fsp3) is 0.320. The van der Waals surface area contributed by atoms with E-state index in [0.717, 1.165) is 52.5 Å². The molecule has 1 aliphatic rings. The first-order valence-electron chi connectivity index (χ1n) is 11.2. The highest BCUT2D eigenvalue weighted by molar-refractivity contribution is 7.18. The molecule has 1 amide bonds. The van der Waals surface area contributed by atoms with E-state index in [4.69, 9.17) is 4.98 Å². The molecule has 3 aromatic heterocycles. The van der Waals surface area contributed by atoms with Crippen molar-refractivity contribution in [2.75, 3.05) is 18.4 Å². The molecule has 0 spiro atoms. The molecular formula is C25H26N4O2S2. The van der Waals surface area contributed by atoms with Gasteiger partial charge < -0.3 is 5.32 Å². The lowest BCUT2D eigenvalue weighted by molar-refractivity contribution is -0.116. The Labute approximate surface area is 200 Å². The summed E-state index contributed by atoms with van der Waals surface area (Å²) in [5, 5.41) is 7.58. The molecule has 170 valence electrons. The van der Waals surface area contributed by atoms with Crippen LogP contribution in [0.5, 0.6) is 0 Å². The summed E-state index contributed by atoms with van der Waals surface area (Å²) >= 11 is 3.10. The Kier molecular flexibility index (Phi) is 6.39. The SMILES string of the molecule is Cc1ccccc1NC(=O)Cn1c(CN2CCCCC2)nc2scc(-c3cccs3)c2c1=O. The van der Waals surface area contributed by atoms with Crippen molar-refractivity contribution in [3.05, 3.63) is 68.9 Å². The number of hydrogen-bond donors (Lipinski definition) is 1. The van der Waals surface area contributed by atoms with Crippen molar-refractivity contribution in [3.63, 3.8) is 0 Å². The number of hydrogen-bond acceptors (Lipinski definition) is 6. The minimum Gasteiger partial charge on any atom is -0.324 e. The van der Waals surface area contributed by atoms with Crippen molar-refractivity contribution in [2.45, 2.75) is 39.3 Å². The molecule has 0 atom stereocenters. The number of amides is 1. The van der Waals surface area contributed by atoms with E-state index in [-0.39, 0.29) is 18.0 Å². The Bertz CT molecular complexity index is 1330. The lowest BCUT2D eigenvalue weighted by atomic mass is 10.1. The highest BCUT2D eigenvalue weighted by atomic mass is 32.1. The summed E-state index contributed by atoms with van der Waals surface area (Å²) in [6, 6.07) is 11.7. The first kappa shape index (κ1) is 22.0. The summed E-state index contributed by atoms with van der Waals surface area (Å²) in [5.74, 6) is 0.439. The van der Waals surface area contributed by atoms with Crippen molar-refractivity contribution in [3.8, 4) is 10.4 Å². The molecule has 0 aliphatic carbocycles. The summed E-state index contributed by atoms with van der Waals surface area (Å²) in [5.41, 5.74) is 2.51. The summed E-state index contributed by atoms with van der Waals surface area (Å²) in [6.45, 7) is 4.46. The largest absolute Gasteiger partial charge is 0.324 e. The Morgan fingerprint density at radius 2 is 1.91 bits per heavy atom. The van der Waals surface area contributed by atoms with E-state index in [0.29, 0.717) is 17.8 Å². The standard InChI is InChI=1S/C25H26N4O2S2/c1-17-8-3-4-9-19(17)26-22(30)15-29-21(14-28-11-5-2-6-12-28)27-24-23(25(29)31)18(16-33-24)20-10-7-13-32-20/h3-4,7-10,13,16H,2,5-6,11-12,14-15H2,1H3,(H,26,30). The number of nitrogens with zero attached hydrogens (tertiary/aromatic N) is 3. The number of carbonyl (C=O) groups excluding carboxylic acids is 1. The van der Waals surface area contributed by atoms with Crippen LogP contribution in [-0.4, -0.2) is 33.4 Å². The number of carbonyl (C=O) groups is 1. The molecule has 0 saturated carbocycles. The van der Waals surface area contributed by atoms with Gasteiger partial charge in [0.25, 0.3) is 5.56 Å². The molecule has 1 saturated heterocycles. The molecular weight excluding hydrogens is 452 g/mol. The van der Waals surface area contributed by atoms with Gasteiger partial charge in [-0.2, -0.15) is 0 Å². The number of fused-ring (bicyclic) bond motifs is 1. The van der Waals surface area contributed by atoms with Crippen LogP contribution in [0.25, 0.3) is 20.7 Å². The molecule has 1 fully saturated rings. The second-order valence-electron chi connectivity index (χ2n) is 8.43. The molecule has 6 nitrogen and oxygen atoms in total. The number of benzene rings is 1. The van der Waals surface area contributed by atoms with Gasteiger partial charge in [0, 0.05) is 21.5 Å². The molecule has 1 N–H and O–H groups in total. The Morgan fingerprint density at radius 3 is 2.67 bits per heavy atom. The molecule has 33 heavy (non-hydrogen) atoms. The number of rotatable bonds is 6. The first-order chi connectivity index (χ1) is 16.1. The van der Waals surface area contributed by atoms with E-state index in [1.165, 1.54) is 17.8 Å². The summed E-state index contributed by atoms with van der Waals surface area (Å²) in [6.07, 6.45) is 3.55. The molecule has 1 aliphatic heterocycles. The summed E-state index contributed by atoms with van der Waals surface area (Å²) in [4.78, 5) is 35.8. The van der Waals surface area contributed by atoms with Crippen molar-refractivity contribution < 1.29 is 4.79 Å². The monoisotopic (exact) mass is 478 g/mol. The number of nitrogens with one attached hydrogen (secondary N) is 1. The molecule has 4 aromatic rings. The van der Waals surface area contributed by atoms with E-state index in [9.17, 15) is 9.59 Å². The topological polar surface area (TPSA) is 67.2 Å². The number of thiophene rings is 2. The van der Waals surface area contributed by atoms with Gasteiger partial charge in [0.1, 0.15) is 17.2 Å². The summed E-state index contributed by atoms with van der Waals surface area (Å²) in [7, 11) is 0. The molecule has 0 unspecified atom stereocenters. The normalized spacial score (nSPS) is 14.6. The van der Waals surface area contributed by atoms with Crippen LogP contribution in [0, 0.1) is 6.92 Å². The van der Waals surface area contributed by atoms with Crippen LogP contribution >= 0.6 is 22.7 Å². The maximum Gasteiger partial charge on any atom is 0.263 e. The minimum atomic E-state index is -0.222. The molecule has 4 heterocycles. The van der Waals surface area contributed by atoms with Gasteiger partial charge in [-0.3, -0.25) is 19.1 Å². The number of aryl methyl sites for hydroxylation is 1. The maximum atomic E-state index is 13.8. The van der Waals surface area contributed by atoms with Crippen LogP contribution in [0.15, 0.2) is 52.0 Å². The van der Waals surface area contributed by atoms with E-state index >= 15 is 0 Å². The van der Waals surface area contributed by atoms with Crippen LogP contribution in [0.2, 0.25) is 0 Å². The van der Waals surface area contributed by atoms with E-state index in [1.54, 1.807) is 15.9 Å². The van der Waals surface area contributed by atoms with Crippen LogP contribution in [0.4, 0.5) is 5.69 Å². The number of likely N-dealkylation sites (tertiary alicyclic amines) is 1. The van der Waals surface area contributed by atoms with Crippen LogP contribution in [0.1, 0.15) is 30.7 Å². The van der Waals surface area contributed by atoms with Gasteiger partial charge in [0.2, 0.25) is 5.91 Å². The second-order valence-corrected chi connectivity index (χ2v) is 10.2. The molecule has 1 aromatic carbocycles. The average molecular weight is 479 g/mol. The molecule has 8 heteroatoms. The maximum absolute atomic E-state index is 13.8. The Balaban J connectivity index is 1.54. The fourth-order valence-electron chi connectivity index (χ4n) is 4.33. The van der Waals surface area contributed by atoms with Gasteiger partial charge in [-0.25, -0.2) is 4.98 Å². The fourth-order valence-corrected chi connectivity index (χ4v) is 6.10. The zero-order valence-electron chi connectivity index (χ0n) is 18.5. The minimum absolute atomic E-state index is 0.0565. The molecule has 0 bridgehead atoms. The number of aromatic nitrogens is 2. The molecule has 0 radical (unpaired) electrons. The lowest BCUT2D eigenvalue weighted by Crippen LogP contribution is -2.36. The van der Waals surface area contributed by atoms with E-state index < -0.39 is 0 Å². The average Bonchev–Trinajstić information content (AvgIpc) is 3.49. The van der Waals surface area contributed by atoms with Gasteiger partial charge in [-0.15, -0.1) is 22.7 Å². The summed E-state index contributed by atoms with van der Waals surface area (Å²) < 4.78 is 1.58. The predicted octanol–water partition coefficient (Wildman–Crippen LogP) is 5.12.